The number of ether oxygens (including phenoxy) is 1. The summed E-state index contributed by atoms with van der Waals surface area (Å²) in [5.74, 6) is -1.20. The zero-order chi connectivity index (χ0) is 9.78. The van der Waals surface area contributed by atoms with E-state index in [1.165, 1.54) is 0 Å². The van der Waals surface area contributed by atoms with E-state index in [9.17, 15) is 4.79 Å². The number of aliphatic hydroxyl groups is 1. The Bertz CT molecular complexity index is 158. The molecule has 0 aromatic carbocycles. The van der Waals surface area contributed by atoms with Crippen LogP contribution in [0.15, 0.2) is 0 Å². The van der Waals surface area contributed by atoms with Gasteiger partial charge in [-0.1, -0.05) is 0 Å². The molecule has 0 saturated carbocycles. The molecular weight excluding hydrogens is 427 g/mol. The fraction of sp³-hybridized carbons (Fsp3) is 0.875. The molecule has 0 saturated heterocycles. The zero-order valence-electron chi connectivity index (χ0n) is 9.43. The van der Waals surface area contributed by atoms with Gasteiger partial charge in [0.05, 0.1) is 12.2 Å². The molecule has 0 rings (SSSR count). The van der Waals surface area contributed by atoms with Crippen molar-refractivity contribution in [3.05, 3.63) is 0 Å². The Morgan fingerprint density at radius 2 is 1.67 bits per heavy atom. The third-order valence-electron chi connectivity index (χ3n) is 1.21. The summed E-state index contributed by atoms with van der Waals surface area (Å²) in [6.45, 7) is 5.89. The first-order chi connectivity index (χ1) is 5.33. The van der Waals surface area contributed by atoms with Gasteiger partial charge in [-0.2, -0.15) is 0 Å². The first-order valence-corrected chi connectivity index (χ1v) is 3.88. The van der Waals surface area contributed by atoms with Crippen molar-refractivity contribution in [1.82, 2.24) is 0 Å². The first kappa shape index (κ1) is 26.3. The molecule has 15 heavy (non-hydrogen) atoms. The molecule has 0 spiro atoms. The predicted octanol–water partition coefficient (Wildman–Crippen LogP) is 0.630. The van der Waals surface area contributed by atoms with Crippen LogP contribution in [-0.4, -0.2) is 34.5 Å². The van der Waals surface area contributed by atoms with E-state index in [2.05, 4.69) is 0 Å². The molecule has 3 radical (unpaired) electrons. The van der Waals surface area contributed by atoms with E-state index in [4.69, 9.17) is 14.9 Å². The molecule has 0 aromatic heterocycles. The summed E-state index contributed by atoms with van der Waals surface area (Å²) in [6, 6.07) is 0. The largest absolute Gasteiger partial charge is 0.479 e. The standard InChI is InChI=1S/C8H16O4.3Y/c1-8(2,3)12-5-4-6(9)7(10)11;;;/h6,9H,4-5H2,1-3H3,(H,10,11);;;/t6-;;;/m1.../s1. The van der Waals surface area contributed by atoms with E-state index < -0.39 is 12.1 Å². The van der Waals surface area contributed by atoms with E-state index in [1.54, 1.807) is 0 Å². The summed E-state index contributed by atoms with van der Waals surface area (Å²) in [4.78, 5) is 10.1. The Labute approximate surface area is 166 Å². The Balaban J connectivity index is -0.000000202. The second kappa shape index (κ2) is 13.1. The van der Waals surface area contributed by atoms with E-state index in [0.29, 0.717) is 0 Å². The van der Waals surface area contributed by atoms with Crippen LogP contribution in [0.3, 0.4) is 0 Å². The molecular formula is C8H16O4Y3. The zero-order valence-corrected chi connectivity index (χ0v) is 17.9. The average Bonchev–Trinajstić information content (AvgIpc) is 1.84. The molecule has 0 aromatic rings. The normalized spacial score (nSPS) is 11.5. The molecule has 0 amide bonds. The fourth-order valence-electron chi connectivity index (χ4n) is 0.600. The van der Waals surface area contributed by atoms with Gasteiger partial charge in [0.1, 0.15) is 0 Å². The summed E-state index contributed by atoms with van der Waals surface area (Å²) in [5.41, 5.74) is -0.280. The molecule has 0 aliphatic heterocycles. The van der Waals surface area contributed by atoms with E-state index in [-0.39, 0.29) is 117 Å². The van der Waals surface area contributed by atoms with Crippen LogP contribution in [0.4, 0.5) is 0 Å². The second-order valence-electron chi connectivity index (χ2n) is 3.60. The van der Waals surface area contributed by atoms with Gasteiger partial charge in [-0.05, 0) is 20.8 Å². The topological polar surface area (TPSA) is 66.8 Å². The van der Waals surface area contributed by atoms with Crippen LogP contribution in [0.2, 0.25) is 0 Å². The predicted molar refractivity (Wildman–Crippen MR) is 44.0 cm³/mol. The monoisotopic (exact) mass is 443 g/mol. The molecule has 0 fully saturated rings. The van der Waals surface area contributed by atoms with Crippen molar-refractivity contribution in [2.75, 3.05) is 6.61 Å². The number of carboxylic acids is 1. The van der Waals surface area contributed by atoms with Crippen LogP contribution in [0.1, 0.15) is 27.2 Å². The Hall–Kier alpha value is 2.70. The number of aliphatic hydroxyl groups excluding tert-OH is 1. The number of hydrogen-bond donors (Lipinski definition) is 2. The second-order valence-corrected chi connectivity index (χ2v) is 3.60. The summed E-state index contributed by atoms with van der Waals surface area (Å²) >= 11 is 0. The van der Waals surface area contributed by atoms with Crippen molar-refractivity contribution >= 4 is 5.97 Å². The minimum absolute atomic E-state index is 0. The van der Waals surface area contributed by atoms with Gasteiger partial charge in [0.25, 0.3) is 0 Å². The van der Waals surface area contributed by atoms with Gasteiger partial charge in [0.15, 0.2) is 6.10 Å². The Morgan fingerprint density at radius 3 is 1.93 bits per heavy atom. The van der Waals surface area contributed by atoms with Crippen LogP contribution >= 0.6 is 0 Å². The Morgan fingerprint density at radius 1 is 1.27 bits per heavy atom. The fourth-order valence-corrected chi connectivity index (χ4v) is 0.600. The van der Waals surface area contributed by atoms with Gasteiger partial charge in [-0.25, -0.2) is 4.79 Å². The van der Waals surface area contributed by atoms with Crippen molar-refractivity contribution in [1.29, 1.82) is 0 Å². The Kier molecular flexibility index (Phi) is 23.0. The van der Waals surface area contributed by atoms with Gasteiger partial charge in [0.2, 0.25) is 0 Å². The SMILES string of the molecule is CC(C)(C)OCC[C@@H](O)C(=O)O.[Y].[Y].[Y]. The molecule has 0 heterocycles. The van der Waals surface area contributed by atoms with Crippen molar-refractivity contribution in [2.24, 2.45) is 0 Å². The first-order valence-electron chi connectivity index (χ1n) is 3.88. The van der Waals surface area contributed by atoms with Crippen LogP contribution < -0.4 is 0 Å². The van der Waals surface area contributed by atoms with Gasteiger partial charge < -0.3 is 14.9 Å². The molecule has 0 aliphatic rings. The molecule has 0 aliphatic carbocycles. The number of aliphatic carboxylic acids is 1. The minimum Gasteiger partial charge on any atom is -0.479 e. The maximum Gasteiger partial charge on any atom is 0.332 e. The number of carbonyl (C=O) groups is 1. The van der Waals surface area contributed by atoms with Crippen LogP contribution in [0, 0.1) is 0 Å². The van der Waals surface area contributed by atoms with Crippen LogP contribution in [-0.2, 0) is 108 Å². The summed E-state index contributed by atoms with van der Waals surface area (Å²) in [5, 5.41) is 17.1. The minimum atomic E-state index is -1.31. The summed E-state index contributed by atoms with van der Waals surface area (Å²) in [6.07, 6.45) is -1.18. The molecule has 1 atom stereocenters. The number of carboxylic acid groups (broad SMARTS) is 1. The molecule has 0 bridgehead atoms. The average molecular weight is 443 g/mol. The van der Waals surface area contributed by atoms with E-state index >= 15 is 0 Å². The van der Waals surface area contributed by atoms with E-state index in [0.717, 1.165) is 0 Å². The third-order valence-corrected chi connectivity index (χ3v) is 1.21. The molecule has 7 heteroatoms. The van der Waals surface area contributed by atoms with Crippen molar-refractivity contribution < 1.29 is 118 Å². The van der Waals surface area contributed by atoms with Crippen LogP contribution in [0.25, 0.3) is 0 Å². The van der Waals surface area contributed by atoms with E-state index in [1.807, 2.05) is 20.8 Å². The van der Waals surface area contributed by atoms with Gasteiger partial charge in [-0.3, -0.25) is 0 Å². The molecule has 4 nitrogen and oxygen atoms in total. The van der Waals surface area contributed by atoms with Crippen molar-refractivity contribution in [2.45, 2.75) is 38.9 Å². The maximum absolute atomic E-state index is 10.1. The van der Waals surface area contributed by atoms with Gasteiger partial charge >= 0.3 is 5.97 Å². The smallest absolute Gasteiger partial charge is 0.332 e. The number of rotatable bonds is 4. The molecule has 0 unspecified atom stereocenters. The van der Waals surface area contributed by atoms with Crippen molar-refractivity contribution in [3.8, 4) is 0 Å². The third kappa shape index (κ3) is 19.2. The quantitative estimate of drug-likeness (QED) is 0.670. The molecule has 81 valence electrons. The molecule has 2 N–H and O–H groups in total. The van der Waals surface area contributed by atoms with Gasteiger partial charge in [-0.15, -0.1) is 0 Å². The maximum atomic E-state index is 10.1. The number of hydrogen-bond acceptors (Lipinski definition) is 3. The van der Waals surface area contributed by atoms with Gasteiger partial charge in [0, 0.05) is 105 Å². The summed E-state index contributed by atoms with van der Waals surface area (Å²) in [7, 11) is 0. The summed E-state index contributed by atoms with van der Waals surface area (Å²) < 4.78 is 5.23. The van der Waals surface area contributed by atoms with Crippen LogP contribution in [0.5, 0.6) is 0 Å². The van der Waals surface area contributed by atoms with Crippen molar-refractivity contribution in [3.63, 3.8) is 0 Å².